The highest BCUT2D eigenvalue weighted by Gasteiger charge is 2.13. The van der Waals surface area contributed by atoms with Gasteiger partial charge in [-0.3, -0.25) is 4.79 Å². The highest BCUT2D eigenvalue weighted by molar-refractivity contribution is 6.05. The summed E-state index contributed by atoms with van der Waals surface area (Å²) in [6.07, 6.45) is 1.54. The summed E-state index contributed by atoms with van der Waals surface area (Å²) in [7, 11) is 3.46. The van der Waals surface area contributed by atoms with Crippen molar-refractivity contribution >= 4 is 17.4 Å². The van der Waals surface area contributed by atoms with Crippen LogP contribution in [0.4, 0.5) is 11.5 Å². The van der Waals surface area contributed by atoms with E-state index in [-0.39, 0.29) is 5.91 Å². The average molecular weight is 266 g/mol. The fraction of sp³-hybridized carbons (Fsp3) is 0.133. The molecule has 0 aliphatic carbocycles. The minimum absolute atomic E-state index is 0.148. The highest BCUT2D eigenvalue weighted by Crippen LogP contribution is 2.16. The molecule has 0 spiro atoms. The molecule has 20 heavy (non-hydrogen) atoms. The van der Waals surface area contributed by atoms with Crippen LogP contribution in [0.5, 0.6) is 0 Å². The number of nitriles is 1. The molecule has 0 aliphatic rings. The van der Waals surface area contributed by atoms with E-state index in [4.69, 9.17) is 5.26 Å². The zero-order chi connectivity index (χ0) is 14.5. The number of benzene rings is 1. The third-order valence-electron chi connectivity index (χ3n) is 2.95. The van der Waals surface area contributed by atoms with Gasteiger partial charge in [-0.15, -0.1) is 0 Å². The van der Waals surface area contributed by atoms with Crippen LogP contribution in [0.2, 0.25) is 0 Å². The monoisotopic (exact) mass is 266 g/mol. The molecular formula is C15H14N4O. The normalized spacial score (nSPS) is 9.65. The smallest absolute Gasteiger partial charge is 0.259 e. The molecule has 2 rings (SSSR count). The molecule has 0 unspecified atom stereocenters. The van der Waals surface area contributed by atoms with E-state index in [0.29, 0.717) is 16.9 Å². The van der Waals surface area contributed by atoms with E-state index in [0.717, 1.165) is 5.69 Å². The largest absolute Gasteiger partial charge is 0.373 e. The number of rotatable bonds is 3. The second kappa shape index (κ2) is 5.85. The first-order chi connectivity index (χ1) is 9.65. The Kier molecular flexibility index (Phi) is 3.96. The number of carbonyl (C=O) groups excluding carboxylic acids is 1. The molecule has 0 aliphatic heterocycles. The molecule has 1 heterocycles. The van der Waals surface area contributed by atoms with Gasteiger partial charge in [0.05, 0.1) is 17.2 Å². The number of pyridine rings is 1. The summed E-state index contributed by atoms with van der Waals surface area (Å²) < 4.78 is 0. The fourth-order valence-electron chi connectivity index (χ4n) is 1.74. The molecule has 0 radical (unpaired) electrons. The Bertz CT molecular complexity index is 641. The first kappa shape index (κ1) is 13.6. The third kappa shape index (κ3) is 2.75. The SMILES string of the molecule is CNc1ccc(C(=O)N(C)c2ccc(C#N)cc2)cn1. The summed E-state index contributed by atoms with van der Waals surface area (Å²) >= 11 is 0. The van der Waals surface area contributed by atoms with Gasteiger partial charge in [0.15, 0.2) is 0 Å². The summed E-state index contributed by atoms with van der Waals surface area (Å²) in [6.45, 7) is 0. The maximum atomic E-state index is 12.3. The van der Waals surface area contributed by atoms with E-state index in [1.807, 2.05) is 6.07 Å². The Balaban J connectivity index is 2.20. The van der Waals surface area contributed by atoms with Crippen LogP contribution in [0.25, 0.3) is 0 Å². The maximum absolute atomic E-state index is 12.3. The quantitative estimate of drug-likeness (QED) is 0.925. The van der Waals surface area contributed by atoms with Gasteiger partial charge in [-0.1, -0.05) is 0 Å². The number of amides is 1. The van der Waals surface area contributed by atoms with Crippen LogP contribution >= 0.6 is 0 Å². The molecule has 0 atom stereocenters. The molecule has 1 aromatic carbocycles. The standard InChI is InChI=1S/C15H14N4O/c1-17-14-8-5-12(10-18-14)15(20)19(2)13-6-3-11(9-16)4-7-13/h3-8,10H,1-2H3,(H,17,18). The number of aromatic nitrogens is 1. The lowest BCUT2D eigenvalue weighted by molar-refractivity contribution is 0.0992. The topological polar surface area (TPSA) is 69.0 Å². The summed E-state index contributed by atoms with van der Waals surface area (Å²) in [5.41, 5.74) is 1.80. The first-order valence-electron chi connectivity index (χ1n) is 6.07. The number of hydrogen-bond donors (Lipinski definition) is 1. The zero-order valence-electron chi connectivity index (χ0n) is 11.3. The number of hydrogen-bond acceptors (Lipinski definition) is 4. The van der Waals surface area contributed by atoms with Crippen LogP contribution in [0.1, 0.15) is 15.9 Å². The summed E-state index contributed by atoms with van der Waals surface area (Å²) in [5.74, 6) is 0.562. The lowest BCUT2D eigenvalue weighted by Gasteiger charge is -2.17. The van der Waals surface area contributed by atoms with Gasteiger partial charge in [-0.05, 0) is 36.4 Å². The van der Waals surface area contributed by atoms with Crippen molar-refractivity contribution in [3.05, 3.63) is 53.7 Å². The number of carbonyl (C=O) groups is 1. The van der Waals surface area contributed by atoms with Gasteiger partial charge in [0.2, 0.25) is 0 Å². The summed E-state index contributed by atoms with van der Waals surface area (Å²) in [4.78, 5) is 17.9. The molecule has 0 saturated carbocycles. The van der Waals surface area contributed by atoms with E-state index < -0.39 is 0 Å². The van der Waals surface area contributed by atoms with E-state index in [2.05, 4.69) is 10.3 Å². The molecule has 0 bridgehead atoms. The fourth-order valence-corrected chi connectivity index (χ4v) is 1.74. The van der Waals surface area contributed by atoms with Crippen LogP contribution < -0.4 is 10.2 Å². The number of nitrogens with one attached hydrogen (secondary N) is 1. The molecule has 0 fully saturated rings. The van der Waals surface area contributed by atoms with Gasteiger partial charge in [0.1, 0.15) is 5.82 Å². The van der Waals surface area contributed by atoms with E-state index in [1.165, 1.54) is 11.1 Å². The van der Waals surface area contributed by atoms with Gasteiger partial charge in [-0.25, -0.2) is 4.98 Å². The van der Waals surface area contributed by atoms with Gasteiger partial charge in [0, 0.05) is 26.0 Å². The van der Waals surface area contributed by atoms with Crippen molar-refractivity contribution in [1.29, 1.82) is 5.26 Å². The van der Waals surface area contributed by atoms with E-state index >= 15 is 0 Å². The molecule has 1 N–H and O–H groups in total. The van der Waals surface area contributed by atoms with Crippen molar-refractivity contribution < 1.29 is 4.79 Å². The first-order valence-corrected chi connectivity index (χ1v) is 6.07. The van der Waals surface area contributed by atoms with Gasteiger partial charge >= 0.3 is 0 Å². The number of anilines is 2. The predicted octanol–water partition coefficient (Wildman–Crippen LogP) is 2.27. The van der Waals surface area contributed by atoms with Crippen LogP contribution in [0.3, 0.4) is 0 Å². The van der Waals surface area contributed by atoms with E-state index in [1.54, 1.807) is 50.5 Å². The Morgan fingerprint density at radius 2 is 1.95 bits per heavy atom. The lowest BCUT2D eigenvalue weighted by atomic mass is 10.2. The Morgan fingerprint density at radius 1 is 1.25 bits per heavy atom. The van der Waals surface area contributed by atoms with Crippen LogP contribution in [-0.2, 0) is 0 Å². The molecule has 5 nitrogen and oxygen atoms in total. The van der Waals surface area contributed by atoms with Crippen molar-refractivity contribution in [3.8, 4) is 6.07 Å². The predicted molar refractivity (Wildman–Crippen MR) is 77.7 cm³/mol. The average Bonchev–Trinajstić information content (AvgIpc) is 2.53. The Morgan fingerprint density at radius 3 is 2.45 bits per heavy atom. The third-order valence-corrected chi connectivity index (χ3v) is 2.95. The molecular weight excluding hydrogens is 252 g/mol. The van der Waals surface area contributed by atoms with Crippen molar-refractivity contribution in [3.63, 3.8) is 0 Å². The van der Waals surface area contributed by atoms with Crippen molar-refractivity contribution in [2.24, 2.45) is 0 Å². The maximum Gasteiger partial charge on any atom is 0.259 e. The highest BCUT2D eigenvalue weighted by atomic mass is 16.2. The summed E-state index contributed by atoms with van der Waals surface area (Å²) in [5, 5.41) is 11.7. The van der Waals surface area contributed by atoms with Crippen LogP contribution in [0.15, 0.2) is 42.6 Å². The molecule has 100 valence electrons. The number of nitrogens with zero attached hydrogens (tertiary/aromatic N) is 3. The Labute approximate surface area is 117 Å². The van der Waals surface area contributed by atoms with E-state index in [9.17, 15) is 4.79 Å². The van der Waals surface area contributed by atoms with Crippen molar-refractivity contribution in [2.45, 2.75) is 0 Å². The molecule has 0 saturated heterocycles. The second-order valence-corrected chi connectivity index (χ2v) is 4.20. The lowest BCUT2D eigenvalue weighted by Crippen LogP contribution is -2.26. The van der Waals surface area contributed by atoms with Gasteiger partial charge < -0.3 is 10.2 Å². The molecule has 2 aromatic rings. The van der Waals surface area contributed by atoms with Crippen molar-refractivity contribution in [2.75, 3.05) is 24.3 Å². The zero-order valence-corrected chi connectivity index (χ0v) is 11.3. The molecule has 1 amide bonds. The van der Waals surface area contributed by atoms with Crippen molar-refractivity contribution in [1.82, 2.24) is 4.98 Å². The Hall–Kier alpha value is -2.87. The van der Waals surface area contributed by atoms with Gasteiger partial charge in [-0.2, -0.15) is 5.26 Å². The molecule has 5 heteroatoms. The minimum Gasteiger partial charge on any atom is -0.373 e. The van der Waals surface area contributed by atoms with Gasteiger partial charge in [0.25, 0.3) is 5.91 Å². The van der Waals surface area contributed by atoms with Crippen LogP contribution in [-0.4, -0.2) is 25.0 Å². The second-order valence-electron chi connectivity index (χ2n) is 4.20. The minimum atomic E-state index is -0.148. The summed E-state index contributed by atoms with van der Waals surface area (Å²) in [6, 6.07) is 12.4. The molecule has 1 aromatic heterocycles. The van der Waals surface area contributed by atoms with Crippen LogP contribution in [0, 0.1) is 11.3 Å².